The lowest BCUT2D eigenvalue weighted by Gasteiger charge is -2.22. The van der Waals surface area contributed by atoms with Crippen LogP contribution in [0.4, 0.5) is 0 Å². The summed E-state index contributed by atoms with van der Waals surface area (Å²) < 4.78 is 4.76. The summed E-state index contributed by atoms with van der Waals surface area (Å²) in [7, 11) is 1.41. The van der Waals surface area contributed by atoms with Crippen LogP contribution in [0, 0.1) is 5.92 Å². The van der Waals surface area contributed by atoms with Crippen molar-refractivity contribution in [2.75, 3.05) is 7.11 Å². The Balaban J connectivity index is 1.96. The Morgan fingerprint density at radius 2 is 1.90 bits per heavy atom. The fourth-order valence-electron chi connectivity index (χ4n) is 2.67. The second kappa shape index (κ2) is 8.45. The van der Waals surface area contributed by atoms with Gasteiger partial charge < -0.3 is 9.57 Å². The van der Waals surface area contributed by atoms with Crippen LogP contribution in [0.2, 0.25) is 0 Å². The first kappa shape index (κ1) is 15.5. The molecule has 114 valence electrons. The van der Waals surface area contributed by atoms with E-state index in [-0.39, 0.29) is 12.4 Å². The van der Waals surface area contributed by atoms with E-state index in [0.717, 1.165) is 24.1 Å². The fraction of sp³-hybridized carbons (Fsp3) is 0.529. The van der Waals surface area contributed by atoms with Gasteiger partial charge in [0.25, 0.3) is 0 Å². The maximum Gasteiger partial charge on any atom is 0.311 e. The third kappa shape index (κ3) is 5.21. The van der Waals surface area contributed by atoms with Gasteiger partial charge in [-0.2, -0.15) is 0 Å². The molecule has 0 atom stereocenters. The molecule has 0 spiro atoms. The minimum absolute atomic E-state index is 0.232. The van der Waals surface area contributed by atoms with Crippen LogP contribution in [-0.2, 0) is 21.0 Å². The van der Waals surface area contributed by atoms with Crippen molar-refractivity contribution in [3.05, 3.63) is 35.9 Å². The summed E-state index contributed by atoms with van der Waals surface area (Å²) in [5.74, 6) is 0.108. The first-order valence-electron chi connectivity index (χ1n) is 7.59. The molecule has 1 aliphatic rings. The number of nitrogens with zero attached hydrogens (tertiary/aromatic N) is 1. The first-order chi connectivity index (χ1) is 10.3. The van der Waals surface area contributed by atoms with E-state index >= 15 is 0 Å². The van der Waals surface area contributed by atoms with Crippen LogP contribution in [0.5, 0.6) is 0 Å². The largest absolute Gasteiger partial charge is 0.469 e. The van der Waals surface area contributed by atoms with Crippen molar-refractivity contribution in [1.29, 1.82) is 0 Å². The van der Waals surface area contributed by atoms with E-state index < -0.39 is 0 Å². The predicted molar refractivity (Wildman–Crippen MR) is 81.9 cm³/mol. The van der Waals surface area contributed by atoms with Gasteiger partial charge in [-0.1, -0.05) is 54.8 Å². The Bertz CT molecular complexity index is 464. The molecule has 1 aliphatic carbocycles. The van der Waals surface area contributed by atoms with Gasteiger partial charge in [0.15, 0.2) is 0 Å². The lowest BCUT2D eigenvalue weighted by Crippen LogP contribution is -2.22. The third-order valence-corrected chi connectivity index (χ3v) is 3.89. The predicted octanol–water partition coefficient (Wildman–Crippen LogP) is 3.70. The molecular weight excluding hydrogens is 266 g/mol. The molecule has 1 aromatic carbocycles. The molecule has 0 aromatic heterocycles. The summed E-state index contributed by atoms with van der Waals surface area (Å²) in [5.41, 5.74) is 1.90. The number of hydrogen-bond acceptors (Lipinski definition) is 4. The second-order valence-corrected chi connectivity index (χ2v) is 5.43. The lowest BCUT2D eigenvalue weighted by atomic mass is 9.85. The van der Waals surface area contributed by atoms with Gasteiger partial charge >= 0.3 is 5.97 Å². The molecule has 0 radical (unpaired) electrons. The Kier molecular flexibility index (Phi) is 6.25. The number of carbonyl (C=O) groups is 1. The van der Waals surface area contributed by atoms with Gasteiger partial charge in [0.2, 0.25) is 0 Å². The highest BCUT2D eigenvalue weighted by Crippen LogP contribution is 2.26. The van der Waals surface area contributed by atoms with Gasteiger partial charge in [-0.15, -0.1) is 0 Å². The molecule has 4 nitrogen and oxygen atoms in total. The van der Waals surface area contributed by atoms with Crippen LogP contribution in [-0.4, -0.2) is 18.8 Å². The number of oxime groups is 1. The van der Waals surface area contributed by atoms with Crippen LogP contribution in [0.15, 0.2) is 35.5 Å². The number of methoxy groups -OCH3 is 1. The fourth-order valence-corrected chi connectivity index (χ4v) is 2.67. The van der Waals surface area contributed by atoms with Crippen molar-refractivity contribution >= 4 is 11.7 Å². The highest BCUT2D eigenvalue weighted by atomic mass is 16.6. The quantitative estimate of drug-likeness (QED) is 0.456. The zero-order chi connectivity index (χ0) is 14.9. The Hall–Kier alpha value is -1.84. The van der Waals surface area contributed by atoms with E-state index in [1.165, 1.54) is 26.4 Å². The molecule has 0 saturated heterocycles. The van der Waals surface area contributed by atoms with Crippen LogP contribution in [0.1, 0.15) is 44.1 Å². The average Bonchev–Trinajstić information content (AvgIpc) is 2.55. The second-order valence-electron chi connectivity index (χ2n) is 5.43. The van der Waals surface area contributed by atoms with Crippen molar-refractivity contribution in [1.82, 2.24) is 0 Å². The summed E-state index contributed by atoms with van der Waals surface area (Å²) in [4.78, 5) is 17.0. The number of rotatable bonds is 6. The van der Waals surface area contributed by atoms with E-state index in [1.807, 2.05) is 30.3 Å². The summed E-state index contributed by atoms with van der Waals surface area (Å²) in [6, 6.07) is 9.90. The number of hydrogen-bond donors (Lipinski definition) is 0. The van der Waals surface area contributed by atoms with Gasteiger partial charge in [0.1, 0.15) is 6.61 Å². The van der Waals surface area contributed by atoms with Crippen LogP contribution >= 0.6 is 0 Å². The van der Waals surface area contributed by atoms with Gasteiger partial charge in [-0.05, 0) is 18.4 Å². The molecule has 0 unspecified atom stereocenters. The number of benzene rings is 1. The molecule has 21 heavy (non-hydrogen) atoms. The standard InChI is InChI=1S/C17H23NO3/c1-20-17(19)12-16(15-10-6-3-7-11-15)18-21-13-14-8-4-2-5-9-14/h2,4-5,8-9,15H,3,6-7,10-13H2,1H3/b18-16-. The molecule has 1 aromatic rings. The van der Waals surface area contributed by atoms with Crippen LogP contribution in [0.25, 0.3) is 0 Å². The smallest absolute Gasteiger partial charge is 0.311 e. The van der Waals surface area contributed by atoms with Crippen molar-refractivity contribution in [2.24, 2.45) is 11.1 Å². The summed E-state index contributed by atoms with van der Waals surface area (Å²) in [6.45, 7) is 0.429. The highest BCUT2D eigenvalue weighted by molar-refractivity contribution is 6.00. The van der Waals surface area contributed by atoms with E-state index in [9.17, 15) is 4.79 Å². The monoisotopic (exact) mass is 289 g/mol. The number of ether oxygens (including phenoxy) is 1. The van der Waals surface area contributed by atoms with Gasteiger partial charge in [0, 0.05) is 5.92 Å². The summed E-state index contributed by atoms with van der Waals surface area (Å²) in [6.07, 6.45) is 6.07. The third-order valence-electron chi connectivity index (χ3n) is 3.89. The molecule has 0 N–H and O–H groups in total. The Labute approximate surface area is 126 Å². The van der Waals surface area contributed by atoms with Crippen molar-refractivity contribution in [2.45, 2.75) is 45.1 Å². The van der Waals surface area contributed by atoms with Gasteiger partial charge in [-0.25, -0.2) is 0 Å². The zero-order valence-electron chi connectivity index (χ0n) is 12.6. The summed E-state index contributed by atoms with van der Waals surface area (Å²) >= 11 is 0. The lowest BCUT2D eigenvalue weighted by molar-refractivity contribution is -0.139. The maximum atomic E-state index is 11.5. The molecule has 4 heteroatoms. The van der Waals surface area contributed by atoms with Crippen molar-refractivity contribution in [3.8, 4) is 0 Å². The zero-order valence-corrected chi connectivity index (χ0v) is 12.6. The molecule has 0 bridgehead atoms. The van der Waals surface area contributed by atoms with Crippen molar-refractivity contribution in [3.63, 3.8) is 0 Å². The van der Waals surface area contributed by atoms with E-state index in [1.54, 1.807) is 0 Å². The van der Waals surface area contributed by atoms with Gasteiger partial charge in [0.05, 0.1) is 19.2 Å². The first-order valence-corrected chi connectivity index (χ1v) is 7.59. The molecule has 1 fully saturated rings. The number of esters is 1. The maximum absolute atomic E-state index is 11.5. The minimum atomic E-state index is -0.248. The average molecular weight is 289 g/mol. The van der Waals surface area contributed by atoms with E-state index in [2.05, 4.69) is 5.16 Å². The van der Waals surface area contributed by atoms with E-state index in [0.29, 0.717) is 12.5 Å². The highest BCUT2D eigenvalue weighted by Gasteiger charge is 2.22. The van der Waals surface area contributed by atoms with Crippen molar-refractivity contribution < 1.29 is 14.4 Å². The molecule has 1 saturated carbocycles. The van der Waals surface area contributed by atoms with Crippen LogP contribution < -0.4 is 0 Å². The SMILES string of the molecule is COC(=O)C/C(=N/OCc1ccccc1)C1CCCCC1. The normalized spacial score (nSPS) is 16.5. The topological polar surface area (TPSA) is 47.9 Å². The van der Waals surface area contributed by atoms with E-state index in [4.69, 9.17) is 9.57 Å². The molecule has 0 amide bonds. The molecular formula is C17H23NO3. The Morgan fingerprint density at radius 1 is 1.19 bits per heavy atom. The van der Waals surface area contributed by atoms with Gasteiger partial charge in [-0.3, -0.25) is 4.79 Å². The molecule has 0 aliphatic heterocycles. The molecule has 0 heterocycles. The molecule has 2 rings (SSSR count). The Morgan fingerprint density at radius 3 is 2.57 bits per heavy atom. The van der Waals surface area contributed by atoms with Crippen LogP contribution in [0.3, 0.4) is 0 Å². The number of carbonyl (C=O) groups excluding carboxylic acids is 1. The summed E-state index contributed by atoms with van der Waals surface area (Å²) in [5, 5.41) is 4.25. The minimum Gasteiger partial charge on any atom is -0.469 e.